The minimum absolute atomic E-state index is 0.0577. The molecule has 10 nitrogen and oxygen atoms in total. The van der Waals surface area contributed by atoms with Gasteiger partial charge in [0.1, 0.15) is 0 Å². The van der Waals surface area contributed by atoms with Crippen molar-refractivity contribution in [3.05, 3.63) is 0 Å². The molecule has 0 bridgehead atoms. The molecule has 0 aromatic rings. The van der Waals surface area contributed by atoms with Gasteiger partial charge in [-0.2, -0.15) is 0 Å². The minimum Gasteiger partial charge on any atom is -0.379 e. The van der Waals surface area contributed by atoms with Crippen LogP contribution in [0.3, 0.4) is 0 Å². The van der Waals surface area contributed by atoms with E-state index in [0.717, 1.165) is 32.5 Å². The zero-order chi connectivity index (χ0) is 31.3. The maximum absolute atomic E-state index is 5.66. The third-order valence-electron chi connectivity index (χ3n) is 7.17. The fraction of sp³-hybridized carbons (Fsp3) is 1.00. The predicted octanol–water partition coefficient (Wildman–Crippen LogP) is 5.97. The van der Waals surface area contributed by atoms with Crippen molar-refractivity contribution < 1.29 is 47.4 Å². The second kappa shape index (κ2) is 37.1. The summed E-state index contributed by atoms with van der Waals surface area (Å²) >= 11 is 0. The van der Waals surface area contributed by atoms with Gasteiger partial charge >= 0.3 is 0 Å². The minimum atomic E-state index is -0.0577. The molecule has 0 aromatic heterocycles. The molecule has 0 aromatic carbocycles. The van der Waals surface area contributed by atoms with E-state index >= 15 is 0 Å². The molecule has 1 saturated heterocycles. The maximum Gasteiger partial charge on any atom is 0.157 e. The Balaban J connectivity index is 1.60. The molecular formula is C34H68O10. The summed E-state index contributed by atoms with van der Waals surface area (Å²) < 4.78 is 55.3. The molecule has 0 saturated carbocycles. The third kappa shape index (κ3) is 33.0. The van der Waals surface area contributed by atoms with Crippen LogP contribution in [0.25, 0.3) is 0 Å². The molecule has 0 aliphatic carbocycles. The van der Waals surface area contributed by atoms with E-state index in [-0.39, 0.29) is 6.29 Å². The summed E-state index contributed by atoms with van der Waals surface area (Å²) in [6.45, 7) is 12.9. The van der Waals surface area contributed by atoms with Crippen molar-refractivity contribution in [3.63, 3.8) is 0 Å². The number of hydrogen-bond acceptors (Lipinski definition) is 10. The molecule has 1 rings (SSSR count). The first-order chi connectivity index (χ1) is 21.9. The molecule has 0 radical (unpaired) electrons. The molecule has 0 amide bonds. The number of rotatable bonds is 37. The van der Waals surface area contributed by atoms with Gasteiger partial charge in [-0.15, -0.1) is 0 Å². The first-order valence-corrected chi connectivity index (χ1v) is 17.8. The molecule has 264 valence electrons. The standard InChI is InChI=1S/C34H68O10/c1-2-3-4-5-6-7-8-9-10-11-13-16-35-18-19-36-20-21-37-22-23-38-24-25-39-26-27-40-28-29-41-30-31-42-32-33-44-34-15-12-14-17-43-34/h34H,2-33H2,1H3. The zero-order valence-corrected chi connectivity index (χ0v) is 28.3. The Kier molecular flexibility index (Phi) is 35.1. The van der Waals surface area contributed by atoms with Crippen LogP contribution >= 0.6 is 0 Å². The van der Waals surface area contributed by atoms with Gasteiger partial charge in [0.05, 0.1) is 106 Å². The van der Waals surface area contributed by atoms with Gasteiger partial charge in [0.2, 0.25) is 0 Å². The molecule has 1 fully saturated rings. The Labute approximate surface area is 269 Å². The quantitative estimate of drug-likeness (QED) is 0.0759. The lowest BCUT2D eigenvalue weighted by atomic mass is 10.1. The monoisotopic (exact) mass is 636 g/mol. The van der Waals surface area contributed by atoms with Crippen LogP contribution in [0.5, 0.6) is 0 Å². The smallest absolute Gasteiger partial charge is 0.157 e. The summed E-state index contributed by atoms with van der Waals surface area (Å²) in [4.78, 5) is 0. The van der Waals surface area contributed by atoms with Crippen LogP contribution in [-0.2, 0) is 47.4 Å². The van der Waals surface area contributed by atoms with Crippen LogP contribution in [0.15, 0.2) is 0 Å². The Hall–Kier alpha value is -0.400. The van der Waals surface area contributed by atoms with Crippen molar-refractivity contribution in [2.75, 3.05) is 119 Å². The van der Waals surface area contributed by atoms with Crippen molar-refractivity contribution in [2.24, 2.45) is 0 Å². The molecule has 1 unspecified atom stereocenters. The van der Waals surface area contributed by atoms with Crippen molar-refractivity contribution in [1.29, 1.82) is 0 Å². The molecular weight excluding hydrogens is 568 g/mol. The predicted molar refractivity (Wildman–Crippen MR) is 173 cm³/mol. The van der Waals surface area contributed by atoms with Crippen molar-refractivity contribution in [1.82, 2.24) is 0 Å². The average molecular weight is 637 g/mol. The highest BCUT2D eigenvalue weighted by Gasteiger charge is 2.13. The van der Waals surface area contributed by atoms with E-state index in [2.05, 4.69) is 6.92 Å². The molecule has 1 atom stereocenters. The summed E-state index contributed by atoms with van der Waals surface area (Å²) in [5.41, 5.74) is 0. The van der Waals surface area contributed by atoms with Crippen molar-refractivity contribution >= 4 is 0 Å². The van der Waals surface area contributed by atoms with Crippen LogP contribution < -0.4 is 0 Å². The van der Waals surface area contributed by atoms with E-state index in [1.54, 1.807) is 0 Å². The van der Waals surface area contributed by atoms with Gasteiger partial charge in [0.25, 0.3) is 0 Å². The molecule has 0 spiro atoms. The Morgan fingerprint density at radius 3 is 1.09 bits per heavy atom. The summed E-state index contributed by atoms with van der Waals surface area (Å²) in [5.74, 6) is 0. The van der Waals surface area contributed by atoms with Gasteiger partial charge in [-0.3, -0.25) is 0 Å². The van der Waals surface area contributed by atoms with Gasteiger partial charge < -0.3 is 47.4 Å². The van der Waals surface area contributed by atoms with E-state index in [1.165, 1.54) is 70.6 Å². The summed E-state index contributed by atoms with van der Waals surface area (Å²) in [6, 6.07) is 0. The second-order valence-corrected chi connectivity index (χ2v) is 11.1. The number of unbranched alkanes of at least 4 members (excludes halogenated alkanes) is 10. The van der Waals surface area contributed by atoms with Gasteiger partial charge in [0.15, 0.2) is 6.29 Å². The molecule has 10 heteroatoms. The first kappa shape index (κ1) is 41.6. The lowest BCUT2D eigenvalue weighted by Crippen LogP contribution is -2.24. The van der Waals surface area contributed by atoms with Gasteiger partial charge in [-0.1, -0.05) is 71.1 Å². The van der Waals surface area contributed by atoms with E-state index in [9.17, 15) is 0 Å². The first-order valence-electron chi connectivity index (χ1n) is 17.8. The summed E-state index contributed by atoms with van der Waals surface area (Å²) in [5, 5.41) is 0. The zero-order valence-electron chi connectivity index (χ0n) is 28.3. The highest BCUT2D eigenvalue weighted by molar-refractivity contribution is 4.54. The van der Waals surface area contributed by atoms with Gasteiger partial charge in [-0.05, 0) is 25.7 Å². The van der Waals surface area contributed by atoms with Crippen molar-refractivity contribution in [3.8, 4) is 0 Å². The normalized spacial score (nSPS) is 15.3. The lowest BCUT2D eigenvalue weighted by Gasteiger charge is -2.22. The van der Waals surface area contributed by atoms with E-state index in [1.807, 2.05) is 0 Å². The van der Waals surface area contributed by atoms with Gasteiger partial charge in [0, 0.05) is 13.2 Å². The van der Waals surface area contributed by atoms with Crippen LogP contribution in [-0.4, -0.2) is 125 Å². The Morgan fingerprint density at radius 1 is 0.386 bits per heavy atom. The summed E-state index contributed by atoms with van der Waals surface area (Å²) in [6.07, 6.45) is 18.1. The molecule has 1 heterocycles. The number of hydrogen-bond donors (Lipinski definition) is 0. The third-order valence-corrected chi connectivity index (χ3v) is 7.17. The van der Waals surface area contributed by atoms with Crippen LogP contribution in [0, 0.1) is 0 Å². The second-order valence-electron chi connectivity index (χ2n) is 11.1. The fourth-order valence-electron chi connectivity index (χ4n) is 4.59. The molecule has 1 aliphatic heterocycles. The van der Waals surface area contributed by atoms with Crippen molar-refractivity contribution in [2.45, 2.75) is 103 Å². The Morgan fingerprint density at radius 2 is 0.727 bits per heavy atom. The molecule has 1 aliphatic rings. The SMILES string of the molecule is CCCCCCCCCCCCCOCCOCCOCCOCCOCCOCCOCCOCCOC1CCCCO1. The van der Waals surface area contributed by atoms with Crippen LogP contribution in [0.4, 0.5) is 0 Å². The van der Waals surface area contributed by atoms with Crippen LogP contribution in [0.1, 0.15) is 96.8 Å². The maximum atomic E-state index is 5.66. The topological polar surface area (TPSA) is 92.3 Å². The lowest BCUT2D eigenvalue weighted by molar-refractivity contribution is -0.169. The van der Waals surface area contributed by atoms with E-state index in [4.69, 9.17) is 47.4 Å². The Bertz CT molecular complexity index is 522. The highest BCUT2D eigenvalue weighted by atomic mass is 16.7. The largest absolute Gasteiger partial charge is 0.379 e. The molecule has 0 N–H and O–H groups in total. The van der Waals surface area contributed by atoms with Gasteiger partial charge in [-0.25, -0.2) is 0 Å². The average Bonchev–Trinajstić information content (AvgIpc) is 3.05. The number of ether oxygens (including phenoxy) is 10. The summed E-state index contributed by atoms with van der Waals surface area (Å²) in [7, 11) is 0. The van der Waals surface area contributed by atoms with E-state index in [0.29, 0.717) is 106 Å². The fourth-order valence-corrected chi connectivity index (χ4v) is 4.59. The highest BCUT2D eigenvalue weighted by Crippen LogP contribution is 2.13. The van der Waals surface area contributed by atoms with E-state index < -0.39 is 0 Å². The van der Waals surface area contributed by atoms with Crippen LogP contribution in [0.2, 0.25) is 0 Å². The molecule has 44 heavy (non-hydrogen) atoms.